The van der Waals surface area contributed by atoms with Gasteiger partial charge in [-0.1, -0.05) is 44.2 Å². The van der Waals surface area contributed by atoms with Crippen LogP contribution in [0.3, 0.4) is 0 Å². The normalized spacial score (nSPS) is 17.3. The fourth-order valence-electron chi connectivity index (χ4n) is 4.21. The third-order valence-electron chi connectivity index (χ3n) is 5.93. The van der Waals surface area contributed by atoms with Gasteiger partial charge in [0, 0.05) is 5.56 Å². The lowest BCUT2D eigenvalue weighted by atomic mass is 9.95. The molecule has 1 saturated heterocycles. The second-order valence-corrected chi connectivity index (χ2v) is 9.03. The van der Waals surface area contributed by atoms with E-state index in [0.29, 0.717) is 40.4 Å². The second-order valence-electron chi connectivity index (χ2n) is 9.03. The van der Waals surface area contributed by atoms with Crippen LogP contribution in [0.4, 0.5) is 10.3 Å². The van der Waals surface area contributed by atoms with Gasteiger partial charge in [0.15, 0.2) is 0 Å². The van der Waals surface area contributed by atoms with Gasteiger partial charge in [-0.15, -0.1) is 0 Å². The molecule has 0 radical (unpaired) electrons. The van der Waals surface area contributed by atoms with E-state index in [-0.39, 0.29) is 17.3 Å². The number of carbonyl (C=O) groups is 2. The van der Waals surface area contributed by atoms with E-state index in [1.165, 1.54) is 23.1 Å². The number of ketones is 1. The zero-order valence-corrected chi connectivity index (χ0v) is 19.7. The molecule has 1 amide bonds. The van der Waals surface area contributed by atoms with E-state index < -0.39 is 23.5 Å². The van der Waals surface area contributed by atoms with Gasteiger partial charge in [-0.25, -0.2) is 9.37 Å². The van der Waals surface area contributed by atoms with Crippen LogP contribution in [0.1, 0.15) is 31.0 Å². The third-order valence-corrected chi connectivity index (χ3v) is 5.93. The first-order valence-corrected chi connectivity index (χ1v) is 11.6. The fourth-order valence-corrected chi connectivity index (χ4v) is 4.21. The molecule has 182 valence electrons. The number of hydrogen-bond acceptors (Lipinski definition) is 5. The molecule has 2 N–H and O–H groups in total. The van der Waals surface area contributed by atoms with Crippen LogP contribution in [0.25, 0.3) is 16.8 Å². The number of carbonyl (C=O) groups excluding carboxylic acids is 2. The molecule has 2 heterocycles. The Labute approximate surface area is 206 Å². The molecule has 5 rings (SSSR count). The van der Waals surface area contributed by atoms with Crippen molar-refractivity contribution >= 4 is 34.4 Å². The van der Waals surface area contributed by atoms with E-state index in [4.69, 9.17) is 4.74 Å². The zero-order valence-electron chi connectivity index (χ0n) is 19.7. The van der Waals surface area contributed by atoms with Crippen molar-refractivity contribution in [2.45, 2.75) is 19.9 Å². The third kappa shape index (κ3) is 4.22. The lowest BCUT2D eigenvalue weighted by Gasteiger charge is -2.23. The molecule has 7 nitrogen and oxygen atoms in total. The van der Waals surface area contributed by atoms with Gasteiger partial charge in [-0.2, -0.15) is 0 Å². The Kier molecular flexibility index (Phi) is 6.01. The molecular formula is C28H24FN3O4. The highest BCUT2D eigenvalue weighted by atomic mass is 19.1. The SMILES string of the molecule is CC(C)COc1ccc(/C(O)=C2\C(=O)C(=O)N(c3nc4ccc(F)cc4[nH]3)C2c2ccccc2)cc1. The van der Waals surface area contributed by atoms with Gasteiger partial charge >= 0.3 is 5.91 Å². The van der Waals surface area contributed by atoms with Crippen LogP contribution in [0, 0.1) is 11.7 Å². The van der Waals surface area contributed by atoms with Crippen LogP contribution in [-0.2, 0) is 9.59 Å². The van der Waals surface area contributed by atoms with E-state index in [9.17, 15) is 19.1 Å². The minimum atomic E-state index is -0.937. The van der Waals surface area contributed by atoms with Crippen LogP contribution in [0.15, 0.2) is 78.4 Å². The average molecular weight is 486 g/mol. The number of nitrogens with zero attached hydrogens (tertiary/aromatic N) is 2. The van der Waals surface area contributed by atoms with Crippen molar-refractivity contribution in [3.63, 3.8) is 0 Å². The maximum absolute atomic E-state index is 13.7. The number of amides is 1. The molecule has 1 atom stereocenters. The number of benzene rings is 3. The number of nitrogens with one attached hydrogen (secondary N) is 1. The first-order valence-electron chi connectivity index (χ1n) is 11.6. The molecule has 36 heavy (non-hydrogen) atoms. The van der Waals surface area contributed by atoms with Gasteiger partial charge in [-0.05, 0) is 53.9 Å². The summed E-state index contributed by atoms with van der Waals surface area (Å²) in [7, 11) is 0. The smallest absolute Gasteiger partial charge is 0.302 e. The number of aromatic nitrogens is 2. The van der Waals surface area contributed by atoms with Crippen LogP contribution >= 0.6 is 0 Å². The van der Waals surface area contributed by atoms with Gasteiger partial charge in [-0.3, -0.25) is 14.5 Å². The summed E-state index contributed by atoms with van der Waals surface area (Å²) >= 11 is 0. The van der Waals surface area contributed by atoms with Crippen molar-refractivity contribution in [3.8, 4) is 5.75 Å². The Morgan fingerprint density at radius 2 is 1.81 bits per heavy atom. The molecule has 0 spiro atoms. The number of rotatable bonds is 6. The van der Waals surface area contributed by atoms with Crippen molar-refractivity contribution in [3.05, 3.63) is 95.3 Å². The van der Waals surface area contributed by atoms with Crippen LogP contribution in [0.5, 0.6) is 5.75 Å². The van der Waals surface area contributed by atoms with E-state index >= 15 is 0 Å². The molecule has 4 aromatic rings. The molecule has 1 aliphatic rings. The molecule has 1 fully saturated rings. The Balaban J connectivity index is 1.61. The first-order chi connectivity index (χ1) is 17.3. The van der Waals surface area contributed by atoms with Gasteiger partial charge in [0.25, 0.3) is 5.78 Å². The van der Waals surface area contributed by atoms with Gasteiger partial charge in [0.2, 0.25) is 5.95 Å². The topological polar surface area (TPSA) is 95.5 Å². The van der Waals surface area contributed by atoms with E-state index in [1.54, 1.807) is 48.5 Å². The van der Waals surface area contributed by atoms with Gasteiger partial charge < -0.3 is 14.8 Å². The largest absolute Gasteiger partial charge is 0.507 e. The molecule has 1 aromatic heterocycles. The van der Waals surface area contributed by atoms with Crippen LogP contribution in [0.2, 0.25) is 0 Å². The number of fused-ring (bicyclic) bond motifs is 1. The number of halogens is 1. The lowest BCUT2D eigenvalue weighted by Crippen LogP contribution is -2.30. The van der Waals surface area contributed by atoms with Crippen LogP contribution < -0.4 is 9.64 Å². The maximum atomic E-state index is 13.7. The number of imidazole rings is 1. The summed E-state index contributed by atoms with van der Waals surface area (Å²) in [6.45, 7) is 4.63. The van der Waals surface area contributed by atoms with Crippen LogP contribution in [-0.4, -0.2) is 33.4 Å². The zero-order chi connectivity index (χ0) is 25.4. The fraction of sp³-hybridized carbons (Fsp3) is 0.179. The Morgan fingerprint density at radius 1 is 1.08 bits per heavy atom. The van der Waals surface area contributed by atoms with Gasteiger partial charge in [0.1, 0.15) is 17.3 Å². The Bertz CT molecular complexity index is 1480. The summed E-state index contributed by atoms with van der Waals surface area (Å²) in [6, 6.07) is 18.7. The van der Waals surface area contributed by atoms with Crippen molar-refractivity contribution < 1.29 is 23.8 Å². The minimum Gasteiger partial charge on any atom is -0.507 e. The number of aliphatic hydroxyl groups excluding tert-OH is 1. The summed E-state index contributed by atoms with van der Waals surface area (Å²) in [5.74, 6) is -1.37. The predicted octanol–water partition coefficient (Wildman–Crippen LogP) is 5.36. The van der Waals surface area contributed by atoms with E-state index in [0.717, 1.165) is 0 Å². The highest BCUT2D eigenvalue weighted by Crippen LogP contribution is 2.41. The number of hydrogen-bond donors (Lipinski definition) is 2. The monoisotopic (exact) mass is 485 g/mol. The summed E-state index contributed by atoms with van der Waals surface area (Å²) < 4.78 is 19.4. The molecule has 0 aliphatic carbocycles. The summed E-state index contributed by atoms with van der Waals surface area (Å²) in [5, 5.41) is 11.2. The standard InChI is InChI=1S/C28H24FN3O4/c1-16(2)15-36-20-11-8-18(9-12-20)25(33)23-24(17-6-4-3-5-7-17)32(27(35)26(23)34)28-30-21-13-10-19(29)14-22(21)31-28/h3-14,16,24,33H,15H2,1-2H3,(H,30,31)/b25-23+. The van der Waals surface area contributed by atoms with Crippen molar-refractivity contribution in [1.82, 2.24) is 9.97 Å². The number of Topliss-reactive ketones (excluding diaryl/α,β-unsaturated/α-hetero) is 1. The number of aliphatic hydroxyl groups is 1. The Hall–Kier alpha value is -4.46. The molecule has 8 heteroatoms. The number of H-pyrrole nitrogens is 1. The maximum Gasteiger partial charge on any atom is 0.302 e. The van der Waals surface area contributed by atoms with E-state index in [2.05, 4.69) is 9.97 Å². The molecule has 1 aliphatic heterocycles. The van der Waals surface area contributed by atoms with Crippen molar-refractivity contribution in [2.24, 2.45) is 5.92 Å². The molecule has 0 bridgehead atoms. The van der Waals surface area contributed by atoms with Crippen molar-refractivity contribution in [1.29, 1.82) is 0 Å². The Morgan fingerprint density at radius 3 is 2.50 bits per heavy atom. The van der Waals surface area contributed by atoms with Crippen molar-refractivity contribution in [2.75, 3.05) is 11.5 Å². The average Bonchev–Trinajstić information content (AvgIpc) is 3.40. The molecule has 1 unspecified atom stereocenters. The number of ether oxygens (including phenoxy) is 1. The molecule has 3 aromatic carbocycles. The van der Waals surface area contributed by atoms with Gasteiger partial charge in [0.05, 0.1) is 29.3 Å². The minimum absolute atomic E-state index is 0.0614. The van der Waals surface area contributed by atoms with E-state index in [1.807, 2.05) is 19.9 Å². The highest BCUT2D eigenvalue weighted by molar-refractivity contribution is 6.51. The summed E-state index contributed by atoms with van der Waals surface area (Å²) in [6.07, 6.45) is 0. The number of aromatic amines is 1. The predicted molar refractivity (Wildman–Crippen MR) is 134 cm³/mol. The molecular weight excluding hydrogens is 461 g/mol. The quantitative estimate of drug-likeness (QED) is 0.218. The summed E-state index contributed by atoms with van der Waals surface area (Å²) in [5.41, 5.74) is 1.75. The summed E-state index contributed by atoms with van der Waals surface area (Å²) in [4.78, 5) is 35.1. The highest BCUT2D eigenvalue weighted by Gasteiger charge is 2.48. The molecule has 0 saturated carbocycles. The lowest BCUT2D eigenvalue weighted by molar-refractivity contribution is -0.132. The second kappa shape index (κ2) is 9.30. The number of anilines is 1. The first kappa shape index (κ1) is 23.3.